The highest BCUT2D eigenvalue weighted by Crippen LogP contribution is 2.56. The van der Waals surface area contributed by atoms with Crippen LogP contribution >= 0.6 is 11.6 Å². The van der Waals surface area contributed by atoms with Gasteiger partial charge in [-0.15, -0.1) is 0 Å². The number of sulfone groups is 1. The Kier molecular flexibility index (Phi) is 7.94. The molecule has 1 saturated heterocycles. The number of hydrogen-bond acceptors (Lipinski definition) is 7. The number of amides is 2. The number of anilines is 2. The Morgan fingerprint density at radius 2 is 1.90 bits per heavy atom. The number of alkyl halides is 2. The van der Waals surface area contributed by atoms with Crippen molar-refractivity contribution in [1.82, 2.24) is 15.3 Å². The Morgan fingerprint density at radius 1 is 1.18 bits per heavy atom. The lowest BCUT2D eigenvalue weighted by molar-refractivity contribution is 0.0985. The van der Waals surface area contributed by atoms with Crippen molar-refractivity contribution in [1.29, 1.82) is 0 Å². The molecule has 2 fully saturated rings. The van der Waals surface area contributed by atoms with Crippen LogP contribution in [-0.2, 0) is 19.3 Å². The second-order valence-electron chi connectivity index (χ2n) is 9.78. The zero-order chi connectivity index (χ0) is 28.5. The fourth-order valence-electron chi connectivity index (χ4n) is 4.71. The predicted octanol–water partition coefficient (Wildman–Crippen LogP) is 4.87. The molecule has 9 nitrogen and oxygen atoms in total. The molecule has 0 radical (unpaired) electrons. The topological polar surface area (TPSA) is 114 Å². The van der Waals surface area contributed by atoms with E-state index < -0.39 is 33.6 Å². The van der Waals surface area contributed by atoms with Crippen LogP contribution in [0.1, 0.15) is 25.5 Å². The number of halogens is 3. The standard InChI is InChI=1S/C27H28ClF2N5O4S/c1-17-16-39-13-12-35(17)24-14-22(27(10-11-27)40(37,38)21-5-3-2-4-20(21)28)33-25(34-24)18-6-8-19(9-7-18)32-26(36)31-15-23(29)30/h2-9,14,17,23H,10-13,15-16H2,1H3,(H2,31,32,36)/t17-/m0/s1. The van der Waals surface area contributed by atoms with E-state index in [2.05, 4.69) is 15.5 Å². The maximum atomic E-state index is 13.9. The van der Waals surface area contributed by atoms with Crippen molar-refractivity contribution in [3.05, 3.63) is 65.3 Å². The minimum atomic E-state index is -3.88. The molecular weight excluding hydrogens is 564 g/mol. The van der Waals surface area contributed by atoms with Gasteiger partial charge in [-0.3, -0.25) is 0 Å². The number of morpholine rings is 1. The van der Waals surface area contributed by atoms with Crippen LogP contribution in [0.25, 0.3) is 11.4 Å². The first kappa shape index (κ1) is 28.2. The molecule has 2 heterocycles. The first-order valence-corrected chi connectivity index (χ1v) is 14.6. The van der Waals surface area contributed by atoms with Gasteiger partial charge in [0.25, 0.3) is 6.43 Å². The molecule has 5 rings (SSSR count). The van der Waals surface area contributed by atoms with Crippen molar-refractivity contribution in [3.63, 3.8) is 0 Å². The van der Waals surface area contributed by atoms with Gasteiger partial charge in [0.2, 0.25) is 0 Å². The van der Waals surface area contributed by atoms with E-state index in [0.717, 1.165) is 0 Å². The van der Waals surface area contributed by atoms with E-state index in [1.165, 1.54) is 6.07 Å². The summed E-state index contributed by atoms with van der Waals surface area (Å²) >= 11 is 6.31. The second kappa shape index (κ2) is 11.3. The van der Waals surface area contributed by atoms with Crippen LogP contribution in [0.15, 0.2) is 59.5 Å². The predicted molar refractivity (Wildman–Crippen MR) is 148 cm³/mol. The Balaban J connectivity index is 1.52. The molecule has 2 amide bonds. The van der Waals surface area contributed by atoms with E-state index in [9.17, 15) is 22.0 Å². The molecule has 1 saturated carbocycles. The summed E-state index contributed by atoms with van der Waals surface area (Å²) in [7, 11) is -3.88. The van der Waals surface area contributed by atoms with E-state index in [0.29, 0.717) is 61.2 Å². The molecule has 212 valence electrons. The van der Waals surface area contributed by atoms with Gasteiger partial charge < -0.3 is 20.3 Å². The summed E-state index contributed by atoms with van der Waals surface area (Å²) in [5.41, 5.74) is 1.36. The summed E-state index contributed by atoms with van der Waals surface area (Å²) < 4.78 is 56.9. The average Bonchev–Trinajstić information content (AvgIpc) is 3.76. The van der Waals surface area contributed by atoms with Crippen LogP contribution in [0.4, 0.5) is 25.1 Å². The SMILES string of the molecule is C[C@H]1COCCN1c1cc(C2(S(=O)(=O)c3ccccc3Cl)CC2)nc(-c2ccc(NC(=O)NCC(F)F)cc2)n1. The van der Waals surface area contributed by atoms with Crippen molar-refractivity contribution < 1.29 is 26.7 Å². The fraction of sp³-hybridized carbons (Fsp3) is 0.370. The summed E-state index contributed by atoms with van der Waals surface area (Å²) in [6.07, 6.45) is -1.87. The maximum absolute atomic E-state index is 13.9. The molecule has 1 atom stereocenters. The summed E-state index contributed by atoms with van der Waals surface area (Å²) in [5.74, 6) is 0.908. The van der Waals surface area contributed by atoms with E-state index in [-0.39, 0.29) is 16.0 Å². The molecule has 40 heavy (non-hydrogen) atoms. The summed E-state index contributed by atoms with van der Waals surface area (Å²) in [4.78, 5) is 23.5. The van der Waals surface area contributed by atoms with Crippen LogP contribution < -0.4 is 15.5 Å². The van der Waals surface area contributed by atoms with Crippen molar-refractivity contribution in [3.8, 4) is 11.4 Å². The molecule has 13 heteroatoms. The largest absolute Gasteiger partial charge is 0.377 e. The first-order valence-electron chi connectivity index (χ1n) is 12.8. The molecule has 0 bridgehead atoms. The molecule has 2 aliphatic rings. The summed E-state index contributed by atoms with van der Waals surface area (Å²) in [6, 6.07) is 13.9. The van der Waals surface area contributed by atoms with E-state index in [1.807, 2.05) is 6.92 Å². The molecule has 1 aromatic heterocycles. The maximum Gasteiger partial charge on any atom is 0.319 e. The van der Waals surface area contributed by atoms with Crippen LogP contribution in [-0.4, -0.2) is 63.2 Å². The van der Waals surface area contributed by atoms with Gasteiger partial charge in [0.05, 0.1) is 41.4 Å². The van der Waals surface area contributed by atoms with E-state index >= 15 is 0 Å². The lowest BCUT2D eigenvalue weighted by atomic mass is 10.1. The number of nitrogens with zero attached hydrogens (tertiary/aromatic N) is 3. The van der Waals surface area contributed by atoms with E-state index in [1.54, 1.807) is 48.5 Å². The molecule has 3 aromatic rings. The zero-order valence-corrected chi connectivity index (χ0v) is 23.2. The van der Waals surface area contributed by atoms with Crippen molar-refractivity contribution in [2.24, 2.45) is 0 Å². The highest BCUT2D eigenvalue weighted by atomic mass is 35.5. The van der Waals surface area contributed by atoms with Gasteiger partial charge in [0.1, 0.15) is 10.6 Å². The van der Waals surface area contributed by atoms with Gasteiger partial charge >= 0.3 is 6.03 Å². The Morgan fingerprint density at radius 3 is 2.55 bits per heavy atom. The third-order valence-corrected chi connectivity index (χ3v) is 10.0. The number of rotatable bonds is 8. The Labute approximate surface area is 235 Å². The third kappa shape index (κ3) is 5.61. The summed E-state index contributed by atoms with van der Waals surface area (Å²) in [6.45, 7) is 2.85. The number of hydrogen-bond donors (Lipinski definition) is 2. The average molecular weight is 592 g/mol. The second-order valence-corrected chi connectivity index (χ2v) is 12.4. The molecule has 1 aliphatic carbocycles. The number of aromatic nitrogens is 2. The first-order chi connectivity index (χ1) is 19.1. The van der Waals surface area contributed by atoms with Crippen LogP contribution in [0, 0.1) is 0 Å². The van der Waals surface area contributed by atoms with Crippen molar-refractivity contribution in [2.75, 3.05) is 36.5 Å². The lowest BCUT2D eigenvalue weighted by Crippen LogP contribution is -2.44. The number of carbonyl (C=O) groups is 1. The van der Waals surface area contributed by atoms with Gasteiger partial charge in [-0.05, 0) is 56.2 Å². The number of ether oxygens (including phenoxy) is 1. The monoisotopic (exact) mass is 591 g/mol. The zero-order valence-electron chi connectivity index (χ0n) is 21.6. The molecule has 2 N–H and O–H groups in total. The van der Waals surface area contributed by atoms with Crippen molar-refractivity contribution in [2.45, 2.75) is 41.9 Å². The van der Waals surface area contributed by atoms with Crippen LogP contribution in [0.5, 0.6) is 0 Å². The summed E-state index contributed by atoms with van der Waals surface area (Å²) in [5, 5.41) is 4.73. The molecule has 1 aliphatic heterocycles. The van der Waals surface area contributed by atoms with Crippen molar-refractivity contribution >= 4 is 39.0 Å². The number of nitrogens with one attached hydrogen (secondary N) is 2. The highest BCUT2D eigenvalue weighted by Gasteiger charge is 2.58. The smallest absolute Gasteiger partial charge is 0.319 e. The third-order valence-electron chi connectivity index (χ3n) is 7.00. The van der Waals surface area contributed by atoms with Crippen LogP contribution in [0.3, 0.4) is 0 Å². The number of benzene rings is 2. The Bertz CT molecular complexity index is 1500. The van der Waals surface area contributed by atoms with Gasteiger partial charge in [-0.25, -0.2) is 32.0 Å². The normalized spacial score (nSPS) is 18.4. The number of carbonyl (C=O) groups excluding carboxylic acids is 1. The minimum absolute atomic E-state index is 0.0120. The van der Waals surface area contributed by atoms with E-state index in [4.69, 9.17) is 26.3 Å². The van der Waals surface area contributed by atoms with Gasteiger partial charge in [0.15, 0.2) is 15.7 Å². The fourth-order valence-corrected chi connectivity index (χ4v) is 7.17. The molecular formula is C27H28ClF2N5O4S. The molecule has 2 aromatic carbocycles. The van der Waals surface area contributed by atoms with Gasteiger partial charge in [-0.1, -0.05) is 23.7 Å². The lowest BCUT2D eigenvalue weighted by Gasteiger charge is -2.34. The minimum Gasteiger partial charge on any atom is -0.377 e. The van der Waals surface area contributed by atoms with Gasteiger partial charge in [0, 0.05) is 23.9 Å². The quantitative estimate of drug-likeness (QED) is 0.384. The van der Waals surface area contributed by atoms with Gasteiger partial charge in [-0.2, -0.15) is 0 Å². The highest BCUT2D eigenvalue weighted by molar-refractivity contribution is 7.92. The van der Waals surface area contributed by atoms with Crippen LogP contribution in [0.2, 0.25) is 5.02 Å². The molecule has 0 unspecified atom stereocenters. The number of urea groups is 1. The Hall–Kier alpha value is -3.35. The molecule has 0 spiro atoms.